The van der Waals surface area contributed by atoms with E-state index < -0.39 is 0 Å². The highest BCUT2D eigenvalue weighted by molar-refractivity contribution is 5.75. The van der Waals surface area contributed by atoms with Crippen molar-refractivity contribution in [2.45, 2.75) is 56.8 Å². The molecular formula is C16H26N2O3. The zero-order valence-electron chi connectivity index (χ0n) is 12.7. The van der Waals surface area contributed by atoms with Gasteiger partial charge in [-0.2, -0.15) is 0 Å². The van der Waals surface area contributed by atoms with Crippen LogP contribution in [0.15, 0.2) is 0 Å². The lowest BCUT2D eigenvalue weighted by molar-refractivity contribution is -0.0555. The summed E-state index contributed by atoms with van der Waals surface area (Å²) < 4.78 is 12.1. The van der Waals surface area contributed by atoms with Crippen LogP contribution >= 0.6 is 0 Å². The van der Waals surface area contributed by atoms with E-state index in [1.807, 2.05) is 4.90 Å². The zero-order chi connectivity index (χ0) is 14.2. The molecule has 2 bridgehead atoms. The summed E-state index contributed by atoms with van der Waals surface area (Å²) in [5, 5.41) is 0. The molecule has 4 fully saturated rings. The molecule has 0 spiro atoms. The molecule has 2 aliphatic heterocycles. The van der Waals surface area contributed by atoms with E-state index in [2.05, 4.69) is 4.90 Å². The molecule has 3 atom stereocenters. The summed E-state index contributed by atoms with van der Waals surface area (Å²) in [4.78, 5) is 16.8. The van der Waals surface area contributed by atoms with Gasteiger partial charge in [0.25, 0.3) is 0 Å². The number of carbonyl (C=O) groups excluding carboxylic acids is 1. The number of amides is 2. The fraction of sp³-hybridized carbons (Fsp3) is 0.938. The Morgan fingerprint density at radius 2 is 1.90 bits per heavy atom. The molecule has 4 aliphatic rings. The first-order chi connectivity index (χ1) is 10.3. The molecule has 4 rings (SSSR count). The van der Waals surface area contributed by atoms with Gasteiger partial charge in [-0.25, -0.2) is 4.79 Å². The van der Waals surface area contributed by atoms with Crippen LogP contribution in [0.25, 0.3) is 0 Å². The first kappa shape index (κ1) is 13.8. The number of fused-ring (bicyclic) bond motifs is 2. The van der Waals surface area contributed by atoms with Gasteiger partial charge in [0.05, 0.1) is 18.8 Å². The maximum atomic E-state index is 12.8. The van der Waals surface area contributed by atoms with E-state index in [0.29, 0.717) is 6.61 Å². The minimum absolute atomic E-state index is 0.0969. The van der Waals surface area contributed by atoms with Crippen LogP contribution in [0.2, 0.25) is 0 Å². The van der Waals surface area contributed by atoms with Gasteiger partial charge in [-0.15, -0.1) is 0 Å². The maximum absolute atomic E-state index is 12.8. The second-order valence-corrected chi connectivity index (χ2v) is 6.97. The lowest BCUT2D eigenvalue weighted by Crippen LogP contribution is -2.51. The van der Waals surface area contributed by atoms with Gasteiger partial charge in [-0.3, -0.25) is 0 Å². The third-order valence-electron chi connectivity index (χ3n) is 5.40. The molecule has 2 aliphatic carbocycles. The quantitative estimate of drug-likeness (QED) is 0.798. The second-order valence-electron chi connectivity index (χ2n) is 6.97. The fourth-order valence-electron chi connectivity index (χ4n) is 3.97. The van der Waals surface area contributed by atoms with Crippen molar-refractivity contribution in [2.75, 3.05) is 32.8 Å². The highest BCUT2D eigenvalue weighted by Crippen LogP contribution is 2.35. The number of nitrogens with zero attached hydrogens (tertiary/aromatic N) is 2. The largest absolute Gasteiger partial charge is 0.374 e. The Labute approximate surface area is 126 Å². The summed E-state index contributed by atoms with van der Waals surface area (Å²) in [5.41, 5.74) is 0. The van der Waals surface area contributed by atoms with Crippen LogP contribution in [0.3, 0.4) is 0 Å². The minimum atomic E-state index is 0.0969. The number of urea groups is 1. The average Bonchev–Trinajstić information content (AvgIpc) is 3.02. The molecule has 21 heavy (non-hydrogen) atoms. The van der Waals surface area contributed by atoms with E-state index >= 15 is 0 Å². The van der Waals surface area contributed by atoms with Crippen LogP contribution in [0.1, 0.15) is 38.5 Å². The van der Waals surface area contributed by atoms with E-state index in [0.717, 1.165) is 57.8 Å². The lowest BCUT2D eigenvalue weighted by atomic mass is 10.1. The third-order valence-corrected chi connectivity index (χ3v) is 5.40. The normalized spacial score (nSPS) is 36.1. The Morgan fingerprint density at radius 1 is 1.10 bits per heavy atom. The Morgan fingerprint density at radius 3 is 2.67 bits per heavy atom. The summed E-state index contributed by atoms with van der Waals surface area (Å²) in [6.45, 7) is 4.07. The topological polar surface area (TPSA) is 42.0 Å². The lowest BCUT2D eigenvalue weighted by Gasteiger charge is -2.34. The van der Waals surface area contributed by atoms with Gasteiger partial charge in [0, 0.05) is 26.2 Å². The van der Waals surface area contributed by atoms with Crippen LogP contribution in [0.4, 0.5) is 4.79 Å². The van der Waals surface area contributed by atoms with Crippen molar-refractivity contribution >= 4 is 6.03 Å². The molecule has 2 saturated carbocycles. The van der Waals surface area contributed by atoms with Crippen molar-refractivity contribution in [3.8, 4) is 0 Å². The van der Waals surface area contributed by atoms with Crippen molar-refractivity contribution in [1.82, 2.24) is 9.80 Å². The minimum Gasteiger partial charge on any atom is -0.374 e. The van der Waals surface area contributed by atoms with Gasteiger partial charge in [-0.1, -0.05) is 0 Å². The van der Waals surface area contributed by atoms with Crippen LogP contribution < -0.4 is 0 Å². The molecule has 2 saturated heterocycles. The highest BCUT2D eigenvalue weighted by Gasteiger charge is 2.46. The van der Waals surface area contributed by atoms with Gasteiger partial charge >= 0.3 is 6.03 Å². The standard InChI is InChI=1S/C16H26N2O3/c19-16(17-7-1-2-8-17)18-9-10-20-14-6-5-13(18)15(14)21-11-12-3-4-12/h12-15H,1-11H2/t13-,14-,15+/m0/s1. The Kier molecular flexibility index (Phi) is 3.79. The molecule has 0 aromatic carbocycles. The van der Waals surface area contributed by atoms with E-state index in [4.69, 9.17) is 9.47 Å². The zero-order valence-corrected chi connectivity index (χ0v) is 12.7. The van der Waals surface area contributed by atoms with Crippen LogP contribution in [-0.4, -0.2) is 66.9 Å². The molecule has 5 heteroatoms. The highest BCUT2D eigenvalue weighted by atomic mass is 16.5. The van der Waals surface area contributed by atoms with Crippen molar-refractivity contribution in [2.24, 2.45) is 5.92 Å². The van der Waals surface area contributed by atoms with Gasteiger partial charge < -0.3 is 19.3 Å². The summed E-state index contributed by atoms with van der Waals surface area (Å²) in [6, 6.07) is 0.438. The first-order valence-electron chi connectivity index (χ1n) is 8.61. The van der Waals surface area contributed by atoms with Gasteiger partial charge in [-0.05, 0) is 44.4 Å². The van der Waals surface area contributed by atoms with Crippen molar-refractivity contribution in [1.29, 1.82) is 0 Å². The molecule has 0 aromatic heterocycles. The first-order valence-corrected chi connectivity index (χ1v) is 8.61. The summed E-state index contributed by atoms with van der Waals surface area (Å²) in [7, 11) is 0. The van der Waals surface area contributed by atoms with Crippen LogP contribution in [0.5, 0.6) is 0 Å². The maximum Gasteiger partial charge on any atom is 0.320 e. The van der Waals surface area contributed by atoms with Crippen molar-refractivity contribution in [3.05, 3.63) is 0 Å². The van der Waals surface area contributed by atoms with Crippen molar-refractivity contribution < 1.29 is 14.3 Å². The van der Waals surface area contributed by atoms with Crippen LogP contribution in [-0.2, 0) is 9.47 Å². The number of rotatable bonds is 3. The average molecular weight is 294 g/mol. The molecular weight excluding hydrogens is 268 g/mol. The number of hydrogen-bond donors (Lipinski definition) is 0. The van der Waals surface area contributed by atoms with Gasteiger partial charge in [0.2, 0.25) is 0 Å². The monoisotopic (exact) mass is 294 g/mol. The number of ether oxygens (including phenoxy) is 2. The Hall–Kier alpha value is -0.810. The van der Waals surface area contributed by atoms with E-state index in [1.54, 1.807) is 0 Å². The predicted molar refractivity (Wildman–Crippen MR) is 78.1 cm³/mol. The molecule has 5 nitrogen and oxygen atoms in total. The molecule has 2 heterocycles. The molecule has 0 unspecified atom stereocenters. The van der Waals surface area contributed by atoms with Crippen LogP contribution in [0, 0.1) is 5.92 Å². The van der Waals surface area contributed by atoms with E-state index in [1.165, 1.54) is 12.8 Å². The summed E-state index contributed by atoms with van der Waals surface area (Å²) >= 11 is 0. The molecule has 0 N–H and O–H groups in total. The van der Waals surface area contributed by atoms with E-state index in [-0.39, 0.29) is 24.3 Å². The Bertz CT molecular complexity index is 393. The second kappa shape index (κ2) is 5.76. The number of carbonyl (C=O) groups is 1. The summed E-state index contributed by atoms with van der Waals surface area (Å²) in [6.07, 6.45) is 7.25. The molecule has 118 valence electrons. The van der Waals surface area contributed by atoms with Gasteiger partial charge in [0.15, 0.2) is 0 Å². The van der Waals surface area contributed by atoms with Gasteiger partial charge in [0.1, 0.15) is 6.10 Å². The number of hydrogen-bond acceptors (Lipinski definition) is 3. The fourth-order valence-corrected chi connectivity index (χ4v) is 3.97. The molecule has 2 amide bonds. The summed E-state index contributed by atoms with van der Waals surface area (Å²) in [5.74, 6) is 0.760. The van der Waals surface area contributed by atoms with E-state index in [9.17, 15) is 4.79 Å². The third kappa shape index (κ3) is 2.78. The Balaban J connectivity index is 1.45. The molecule has 0 aromatic rings. The molecule has 0 radical (unpaired) electrons. The van der Waals surface area contributed by atoms with Crippen molar-refractivity contribution in [3.63, 3.8) is 0 Å². The smallest absolute Gasteiger partial charge is 0.320 e. The SMILES string of the molecule is O=C(N1CCCC1)N1CCO[C@H]2CC[C@H]1[C@H]2OCC1CC1. The number of likely N-dealkylation sites (tertiary alicyclic amines) is 1. The predicted octanol–water partition coefficient (Wildman–Crippen LogP) is 1.86.